The van der Waals surface area contributed by atoms with Gasteiger partial charge in [-0.2, -0.15) is 0 Å². The molecule has 0 aliphatic carbocycles. The maximum Gasteiger partial charge on any atom is 0.335 e. The third kappa shape index (κ3) is 9.92. The zero-order valence-electron chi connectivity index (χ0n) is 21.9. The average molecular weight is 525 g/mol. The second kappa shape index (κ2) is 14.9. The fourth-order valence-electron chi connectivity index (χ4n) is 3.64. The van der Waals surface area contributed by atoms with E-state index in [-0.39, 0.29) is 36.2 Å². The van der Waals surface area contributed by atoms with E-state index in [0.29, 0.717) is 18.2 Å². The number of carboxylic acid groups (broad SMARTS) is 1. The Morgan fingerprint density at radius 2 is 1.78 bits per heavy atom. The number of ether oxygens (including phenoxy) is 3. The summed E-state index contributed by atoms with van der Waals surface area (Å²) in [6, 6.07) is 5.08. The molecule has 0 bridgehead atoms. The minimum atomic E-state index is -1.68. The fraction of sp³-hybridized carbons (Fsp3) is 0.654. The van der Waals surface area contributed by atoms with Crippen LogP contribution in [0.2, 0.25) is 0 Å². The van der Waals surface area contributed by atoms with Gasteiger partial charge in [0.05, 0.1) is 17.6 Å². The Morgan fingerprint density at radius 3 is 2.43 bits per heavy atom. The van der Waals surface area contributed by atoms with E-state index in [9.17, 15) is 29.7 Å². The van der Waals surface area contributed by atoms with Crippen molar-refractivity contribution in [1.29, 1.82) is 0 Å². The topological polar surface area (TPSA) is 164 Å². The highest BCUT2D eigenvalue weighted by molar-refractivity contribution is 5.97. The Labute approximate surface area is 217 Å². The Kier molecular flexibility index (Phi) is 12.3. The van der Waals surface area contributed by atoms with Crippen molar-refractivity contribution in [2.45, 2.75) is 90.6 Å². The van der Waals surface area contributed by atoms with Gasteiger partial charge in [-0.25, -0.2) is 4.79 Å². The van der Waals surface area contributed by atoms with Gasteiger partial charge in [-0.3, -0.25) is 9.59 Å². The number of hydrogen-bond donors (Lipinski definition) is 5. The number of amides is 1. The molecule has 0 unspecified atom stereocenters. The molecule has 11 nitrogen and oxygen atoms in total. The van der Waals surface area contributed by atoms with Gasteiger partial charge >= 0.3 is 11.9 Å². The summed E-state index contributed by atoms with van der Waals surface area (Å²) in [5.41, 5.74) is 0.713. The van der Waals surface area contributed by atoms with Crippen LogP contribution in [0.4, 0.5) is 0 Å². The fourth-order valence-corrected chi connectivity index (χ4v) is 3.64. The van der Waals surface area contributed by atoms with Crippen LogP contribution in [0.1, 0.15) is 69.3 Å². The summed E-state index contributed by atoms with van der Waals surface area (Å²) in [5.74, 6) is -2.42. The highest BCUT2D eigenvalue weighted by Gasteiger charge is 2.42. The first-order valence-electron chi connectivity index (χ1n) is 12.7. The second-order valence-electron chi connectivity index (χ2n) is 9.75. The van der Waals surface area contributed by atoms with Crippen LogP contribution in [0.3, 0.4) is 0 Å². The van der Waals surface area contributed by atoms with Crippen molar-refractivity contribution in [2.24, 2.45) is 5.92 Å². The maximum absolute atomic E-state index is 13.0. The third-order valence-electron chi connectivity index (χ3n) is 5.77. The SMILES string of the molecule is CC(C)NCCCCCNC(=O)c1cc(COC(=O)C(C)C)ccc1O[C@@H]1C[C@@H](O)[C@H](O)[C@@H](C(=O)O)O1. The summed E-state index contributed by atoms with van der Waals surface area (Å²) in [6.45, 7) is 8.92. The Hall–Kier alpha value is -2.73. The Bertz CT molecular complexity index is 906. The van der Waals surface area contributed by atoms with Crippen molar-refractivity contribution in [1.82, 2.24) is 10.6 Å². The highest BCUT2D eigenvalue weighted by atomic mass is 16.7. The molecule has 1 heterocycles. The van der Waals surface area contributed by atoms with Crippen LogP contribution in [0.15, 0.2) is 18.2 Å². The van der Waals surface area contributed by atoms with E-state index < -0.39 is 36.5 Å². The van der Waals surface area contributed by atoms with E-state index in [4.69, 9.17) is 14.2 Å². The summed E-state index contributed by atoms with van der Waals surface area (Å²) < 4.78 is 16.4. The van der Waals surface area contributed by atoms with Crippen LogP contribution in [-0.4, -0.2) is 76.9 Å². The number of benzene rings is 1. The largest absolute Gasteiger partial charge is 0.479 e. The van der Waals surface area contributed by atoms with Gasteiger partial charge in [-0.05, 0) is 37.1 Å². The zero-order valence-corrected chi connectivity index (χ0v) is 21.9. The predicted molar refractivity (Wildman–Crippen MR) is 134 cm³/mol. The van der Waals surface area contributed by atoms with Gasteiger partial charge in [0, 0.05) is 19.0 Å². The molecule has 1 aromatic rings. The molecule has 37 heavy (non-hydrogen) atoms. The number of nitrogens with one attached hydrogen (secondary N) is 2. The van der Waals surface area contributed by atoms with Crippen LogP contribution in [-0.2, 0) is 25.7 Å². The number of unbranched alkanes of at least 4 members (excludes halogenated alkanes) is 2. The number of aliphatic hydroxyl groups is 2. The standard InChI is InChI=1S/C26H40N2O9/c1-15(2)26(34)35-14-17-8-9-20(36-21-13-19(29)22(30)23(37-21)25(32)33)18(12-17)24(31)28-11-7-5-6-10-27-16(3)4/h8-9,12,15-16,19,21-23,27,29-30H,5-7,10-11,13-14H2,1-4H3,(H,28,31)(H,32,33)/t19-,21+,22+,23+/m1/s1. The minimum Gasteiger partial charge on any atom is -0.479 e. The summed E-state index contributed by atoms with van der Waals surface area (Å²) in [6.07, 6.45) is -3.35. The van der Waals surface area contributed by atoms with Gasteiger partial charge in [0.2, 0.25) is 6.29 Å². The molecule has 5 N–H and O–H groups in total. The zero-order chi connectivity index (χ0) is 27.5. The van der Waals surface area contributed by atoms with E-state index >= 15 is 0 Å². The van der Waals surface area contributed by atoms with Gasteiger partial charge in [-0.15, -0.1) is 0 Å². The van der Waals surface area contributed by atoms with Crippen molar-refractivity contribution in [2.75, 3.05) is 13.1 Å². The first-order valence-corrected chi connectivity index (χ1v) is 12.7. The molecular formula is C26H40N2O9. The quantitative estimate of drug-likeness (QED) is 0.178. The lowest BCUT2D eigenvalue weighted by Gasteiger charge is -2.35. The van der Waals surface area contributed by atoms with E-state index in [1.165, 1.54) is 12.1 Å². The normalized spacial score (nSPS) is 21.6. The summed E-state index contributed by atoms with van der Waals surface area (Å²) in [5, 5.41) is 35.4. The molecule has 1 amide bonds. The van der Waals surface area contributed by atoms with Crippen LogP contribution in [0.25, 0.3) is 0 Å². The summed E-state index contributed by atoms with van der Waals surface area (Å²) >= 11 is 0. The molecule has 1 fully saturated rings. The second-order valence-corrected chi connectivity index (χ2v) is 9.75. The molecule has 11 heteroatoms. The smallest absolute Gasteiger partial charge is 0.335 e. The minimum absolute atomic E-state index is 0.0354. The van der Waals surface area contributed by atoms with Gasteiger partial charge < -0.3 is 40.2 Å². The summed E-state index contributed by atoms with van der Waals surface area (Å²) in [4.78, 5) is 36.3. The van der Waals surface area contributed by atoms with Gasteiger partial charge in [0.1, 0.15) is 18.5 Å². The van der Waals surface area contributed by atoms with Crippen LogP contribution in [0.5, 0.6) is 5.75 Å². The molecule has 208 valence electrons. The molecule has 0 saturated carbocycles. The van der Waals surface area contributed by atoms with Crippen LogP contribution >= 0.6 is 0 Å². The molecular weight excluding hydrogens is 484 g/mol. The molecule has 1 aromatic carbocycles. The molecule has 0 spiro atoms. The number of carbonyl (C=O) groups excluding carboxylic acids is 2. The number of carbonyl (C=O) groups is 3. The lowest BCUT2D eigenvalue weighted by atomic mass is 10.0. The molecule has 0 aromatic heterocycles. The van der Waals surface area contributed by atoms with E-state index in [1.807, 2.05) is 0 Å². The van der Waals surface area contributed by atoms with Crippen LogP contribution < -0.4 is 15.4 Å². The van der Waals surface area contributed by atoms with Gasteiger partial charge in [-0.1, -0.05) is 40.2 Å². The van der Waals surface area contributed by atoms with E-state index in [2.05, 4.69) is 24.5 Å². The number of carboxylic acids is 1. The number of aliphatic carboxylic acids is 1. The lowest BCUT2D eigenvalue weighted by Crippen LogP contribution is -2.53. The number of rotatable bonds is 14. The average Bonchev–Trinajstić information content (AvgIpc) is 2.83. The van der Waals surface area contributed by atoms with Crippen molar-refractivity contribution in [3.05, 3.63) is 29.3 Å². The molecule has 0 radical (unpaired) electrons. The molecule has 1 aliphatic rings. The van der Waals surface area contributed by atoms with Crippen LogP contribution in [0, 0.1) is 5.92 Å². The first kappa shape index (κ1) is 30.5. The lowest BCUT2D eigenvalue weighted by molar-refractivity contribution is -0.228. The molecule has 1 saturated heterocycles. The predicted octanol–water partition coefficient (Wildman–Crippen LogP) is 1.58. The van der Waals surface area contributed by atoms with Gasteiger partial charge in [0.15, 0.2) is 6.10 Å². The monoisotopic (exact) mass is 524 g/mol. The molecule has 2 rings (SSSR count). The van der Waals surface area contributed by atoms with E-state index in [0.717, 1.165) is 25.8 Å². The first-order chi connectivity index (χ1) is 17.5. The third-order valence-corrected chi connectivity index (χ3v) is 5.77. The summed E-state index contributed by atoms with van der Waals surface area (Å²) in [7, 11) is 0. The van der Waals surface area contributed by atoms with Gasteiger partial charge in [0.25, 0.3) is 5.91 Å². The highest BCUT2D eigenvalue weighted by Crippen LogP contribution is 2.27. The van der Waals surface area contributed by atoms with Crippen molar-refractivity contribution < 1.29 is 43.9 Å². The maximum atomic E-state index is 13.0. The molecule has 1 aliphatic heterocycles. The Morgan fingerprint density at radius 1 is 1.08 bits per heavy atom. The van der Waals surface area contributed by atoms with Crippen molar-refractivity contribution in [3.8, 4) is 5.75 Å². The number of esters is 1. The number of hydrogen-bond acceptors (Lipinski definition) is 9. The molecule has 4 atom stereocenters. The van der Waals surface area contributed by atoms with Crippen molar-refractivity contribution in [3.63, 3.8) is 0 Å². The van der Waals surface area contributed by atoms with E-state index in [1.54, 1.807) is 19.9 Å². The number of aliphatic hydroxyl groups excluding tert-OH is 2. The Balaban J connectivity index is 2.10. The van der Waals surface area contributed by atoms with Crippen molar-refractivity contribution >= 4 is 17.8 Å².